The van der Waals surface area contributed by atoms with Crippen LogP contribution in [0.4, 0.5) is 0 Å². The third-order valence-electron chi connectivity index (χ3n) is 13.0. The van der Waals surface area contributed by atoms with Crippen LogP contribution in [-0.2, 0) is 18.4 Å². The fraction of sp³-hybridized carbons (Fsp3) is 0.945. The molecule has 1 amide bonds. The first-order valence-corrected chi connectivity index (χ1v) is 29.5. The summed E-state index contributed by atoms with van der Waals surface area (Å²) in [5.74, 6) is -0.162. The minimum Gasteiger partial charge on any atom is -0.756 e. The second-order valence-electron chi connectivity index (χ2n) is 20.6. The van der Waals surface area contributed by atoms with Gasteiger partial charge in [0.05, 0.1) is 39.9 Å². The molecule has 0 rings (SSSR count). The normalized spacial score (nSPS) is 14.0. The first-order chi connectivity index (χ1) is 31.0. The van der Waals surface area contributed by atoms with E-state index >= 15 is 0 Å². The van der Waals surface area contributed by atoms with Gasteiger partial charge in [0.2, 0.25) is 5.91 Å². The van der Waals surface area contributed by atoms with Crippen LogP contribution in [0.2, 0.25) is 0 Å². The van der Waals surface area contributed by atoms with Crippen LogP contribution in [0.3, 0.4) is 0 Å². The third-order valence-corrected chi connectivity index (χ3v) is 14.0. The van der Waals surface area contributed by atoms with Crippen molar-refractivity contribution in [2.45, 2.75) is 296 Å². The van der Waals surface area contributed by atoms with Gasteiger partial charge in [-0.1, -0.05) is 251 Å². The first kappa shape index (κ1) is 63.2. The van der Waals surface area contributed by atoms with Crippen molar-refractivity contribution < 1.29 is 32.9 Å². The lowest BCUT2D eigenvalue weighted by molar-refractivity contribution is -0.870. The molecule has 3 atom stereocenters. The Kier molecular flexibility index (Phi) is 46.8. The fourth-order valence-corrected chi connectivity index (χ4v) is 9.29. The minimum absolute atomic E-state index is 0.0142. The van der Waals surface area contributed by atoms with Crippen molar-refractivity contribution in [3.8, 4) is 0 Å². The van der Waals surface area contributed by atoms with Gasteiger partial charge in [-0.2, -0.15) is 0 Å². The molecule has 64 heavy (non-hydrogen) atoms. The number of hydrogen-bond donors (Lipinski definition) is 2. The fourth-order valence-electron chi connectivity index (χ4n) is 8.57. The van der Waals surface area contributed by atoms with Gasteiger partial charge in [-0.05, 0) is 38.5 Å². The van der Waals surface area contributed by atoms with Crippen molar-refractivity contribution in [2.75, 3.05) is 40.9 Å². The summed E-state index contributed by atoms with van der Waals surface area (Å²) in [6.45, 7) is 4.76. The maximum absolute atomic E-state index is 13.0. The van der Waals surface area contributed by atoms with Gasteiger partial charge >= 0.3 is 0 Å². The molecule has 0 fully saturated rings. The predicted molar refractivity (Wildman–Crippen MR) is 275 cm³/mol. The summed E-state index contributed by atoms with van der Waals surface area (Å²) in [6.07, 6.45) is 56.6. The van der Waals surface area contributed by atoms with Gasteiger partial charge in [-0.15, -0.1) is 0 Å². The van der Waals surface area contributed by atoms with Gasteiger partial charge in [0.25, 0.3) is 7.82 Å². The molecule has 2 N–H and O–H groups in total. The number of likely N-dealkylation sites (N-methyl/N-ethyl adjacent to an activating group) is 1. The van der Waals surface area contributed by atoms with E-state index in [0.717, 1.165) is 38.5 Å². The number of nitrogens with zero attached hydrogens (tertiary/aromatic N) is 1. The van der Waals surface area contributed by atoms with Crippen LogP contribution in [0.15, 0.2) is 12.2 Å². The molecule has 0 saturated carbocycles. The molecule has 0 radical (unpaired) electrons. The number of quaternary nitrogens is 1. The molecule has 0 spiro atoms. The van der Waals surface area contributed by atoms with E-state index in [-0.39, 0.29) is 19.1 Å². The lowest BCUT2D eigenvalue weighted by Gasteiger charge is -2.30. The largest absolute Gasteiger partial charge is 0.756 e. The standard InChI is InChI=1S/C55H111N2O6P/c1-6-8-10-12-14-16-18-20-22-24-26-27-28-29-31-32-34-36-38-40-42-44-46-48-54(58)53(52-63-64(60,61)62-51-50-57(3,4)5)56-55(59)49-47-45-43-41-39-37-35-33-30-25-23-21-19-17-15-13-11-9-7-2/h21,23,53-54,58H,6-20,22,24-52H2,1-5H3,(H-,56,59,60,61)/b23-21-. The summed E-state index contributed by atoms with van der Waals surface area (Å²) in [7, 11) is 1.32. The van der Waals surface area contributed by atoms with Crippen molar-refractivity contribution >= 4 is 13.7 Å². The summed E-state index contributed by atoms with van der Waals surface area (Å²) >= 11 is 0. The molecule has 0 aromatic heterocycles. The molecule has 0 aliphatic rings. The zero-order chi connectivity index (χ0) is 47.1. The van der Waals surface area contributed by atoms with Crippen LogP contribution >= 0.6 is 7.82 Å². The van der Waals surface area contributed by atoms with E-state index in [4.69, 9.17) is 9.05 Å². The molecule has 0 saturated heterocycles. The highest BCUT2D eigenvalue weighted by Gasteiger charge is 2.24. The SMILES string of the molecule is CCCCCCCC/C=C\CCCCCCCCCCCC(=O)NC(COP(=O)([O-])OCC[N+](C)(C)C)C(O)CCCCCCCCCCCCCCCCCCCCCCCCC. The van der Waals surface area contributed by atoms with Crippen LogP contribution in [0.5, 0.6) is 0 Å². The van der Waals surface area contributed by atoms with E-state index in [1.807, 2.05) is 21.1 Å². The summed E-state index contributed by atoms with van der Waals surface area (Å²) in [6, 6.07) is -0.799. The summed E-state index contributed by atoms with van der Waals surface area (Å²) < 4.78 is 23.4. The van der Waals surface area contributed by atoms with Crippen molar-refractivity contribution in [2.24, 2.45) is 0 Å². The molecule has 9 heteroatoms. The number of rotatable bonds is 52. The number of phosphoric acid groups is 1. The third kappa shape index (κ3) is 49.2. The van der Waals surface area contributed by atoms with Crippen molar-refractivity contribution in [3.05, 3.63) is 12.2 Å². The molecular weight excluding hydrogens is 816 g/mol. The molecule has 0 aromatic carbocycles. The van der Waals surface area contributed by atoms with Gasteiger partial charge < -0.3 is 28.8 Å². The molecule has 382 valence electrons. The van der Waals surface area contributed by atoms with Crippen LogP contribution in [0.25, 0.3) is 0 Å². The van der Waals surface area contributed by atoms with E-state index in [2.05, 4.69) is 31.3 Å². The number of nitrogens with one attached hydrogen (secondary N) is 1. The van der Waals surface area contributed by atoms with Gasteiger partial charge in [-0.25, -0.2) is 0 Å². The summed E-state index contributed by atoms with van der Waals surface area (Å²) in [4.78, 5) is 25.5. The molecule has 0 aliphatic heterocycles. The quantitative estimate of drug-likeness (QED) is 0.0272. The van der Waals surface area contributed by atoms with E-state index in [0.29, 0.717) is 23.9 Å². The first-order valence-electron chi connectivity index (χ1n) is 28.0. The molecule has 0 heterocycles. The lowest BCUT2D eigenvalue weighted by atomic mass is 10.0. The van der Waals surface area contributed by atoms with Crippen LogP contribution in [-0.4, -0.2) is 68.5 Å². The van der Waals surface area contributed by atoms with Crippen molar-refractivity contribution in [1.82, 2.24) is 5.32 Å². The molecule has 0 aliphatic carbocycles. The monoisotopic (exact) mass is 927 g/mol. The van der Waals surface area contributed by atoms with Crippen molar-refractivity contribution in [1.29, 1.82) is 0 Å². The smallest absolute Gasteiger partial charge is 0.268 e. The average Bonchev–Trinajstić information content (AvgIpc) is 3.25. The molecule has 3 unspecified atom stereocenters. The van der Waals surface area contributed by atoms with Crippen LogP contribution in [0.1, 0.15) is 284 Å². The Balaban J connectivity index is 4.17. The van der Waals surface area contributed by atoms with E-state index in [1.165, 1.54) is 218 Å². The zero-order valence-corrected chi connectivity index (χ0v) is 44.4. The molecular formula is C55H111N2O6P. The van der Waals surface area contributed by atoms with Gasteiger partial charge in [0.1, 0.15) is 13.2 Å². The number of unbranched alkanes of at least 4 members (excludes halogenated alkanes) is 37. The topological polar surface area (TPSA) is 108 Å². The minimum atomic E-state index is -4.57. The van der Waals surface area contributed by atoms with Crippen LogP contribution < -0.4 is 10.2 Å². The Morgan fingerprint density at radius 1 is 0.531 bits per heavy atom. The van der Waals surface area contributed by atoms with Gasteiger partial charge in [0, 0.05) is 6.42 Å². The number of carbonyl (C=O) groups is 1. The number of phosphoric ester groups is 1. The number of carbonyl (C=O) groups excluding carboxylic acids is 1. The summed E-state index contributed by atoms with van der Waals surface area (Å²) in [5, 5.41) is 14.0. The average molecular weight is 927 g/mol. The number of amides is 1. The van der Waals surface area contributed by atoms with Crippen molar-refractivity contribution in [3.63, 3.8) is 0 Å². The zero-order valence-electron chi connectivity index (χ0n) is 43.5. The number of aliphatic hydroxyl groups is 1. The van der Waals surface area contributed by atoms with Crippen LogP contribution in [0, 0.1) is 0 Å². The second-order valence-corrected chi connectivity index (χ2v) is 22.1. The second kappa shape index (κ2) is 47.3. The predicted octanol–water partition coefficient (Wildman–Crippen LogP) is 16.0. The Morgan fingerprint density at radius 2 is 0.859 bits per heavy atom. The highest BCUT2D eigenvalue weighted by molar-refractivity contribution is 7.45. The number of hydrogen-bond acceptors (Lipinski definition) is 6. The lowest BCUT2D eigenvalue weighted by Crippen LogP contribution is -2.46. The highest BCUT2D eigenvalue weighted by atomic mass is 31.2. The number of aliphatic hydroxyl groups excluding tert-OH is 1. The van der Waals surface area contributed by atoms with E-state index < -0.39 is 20.0 Å². The van der Waals surface area contributed by atoms with Gasteiger partial charge in [0.15, 0.2) is 0 Å². The van der Waals surface area contributed by atoms with E-state index in [9.17, 15) is 19.4 Å². The maximum atomic E-state index is 13.0. The van der Waals surface area contributed by atoms with E-state index in [1.54, 1.807) is 0 Å². The molecule has 0 bridgehead atoms. The maximum Gasteiger partial charge on any atom is 0.268 e. The Hall–Kier alpha value is -0.760. The Labute approximate surface area is 399 Å². The van der Waals surface area contributed by atoms with Gasteiger partial charge in [-0.3, -0.25) is 9.36 Å². The Morgan fingerprint density at radius 3 is 1.22 bits per heavy atom. The molecule has 8 nitrogen and oxygen atoms in total. The molecule has 0 aromatic rings. The summed E-state index contributed by atoms with van der Waals surface area (Å²) in [5.41, 5.74) is 0. The highest BCUT2D eigenvalue weighted by Crippen LogP contribution is 2.38. The Bertz CT molecular complexity index is 1050. The number of allylic oxidation sites excluding steroid dienone is 2.